The van der Waals surface area contributed by atoms with E-state index in [1.165, 1.54) is 36.2 Å². The number of aromatic nitrogens is 1. The second-order valence-electron chi connectivity index (χ2n) is 19.4. The quantitative estimate of drug-likeness (QED) is 0.0466. The van der Waals surface area contributed by atoms with Crippen molar-refractivity contribution in [2.24, 2.45) is 17.6 Å². The predicted molar refractivity (Wildman–Crippen MR) is 280 cm³/mol. The summed E-state index contributed by atoms with van der Waals surface area (Å²) in [6, 6.07) is 4.86. The molecule has 1 saturated heterocycles. The Morgan fingerprint density at radius 2 is 1.55 bits per heavy atom. The van der Waals surface area contributed by atoms with Crippen LogP contribution in [0.2, 0.25) is 0 Å². The molecule has 0 spiro atoms. The van der Waals surface area contributed by atoms with E-state index in [4.69, 9.17) is 10.5 Å². The molecule has 6 N–H and O–H groups in total. The number of ether oxygens (including phenoxy) is 1. The van der Waals surface area contributed by atoms with E-state index in [0.29, 0.717) is 37.2 Å². The Hall–Kier alpha value is -5.97. The first-order valence-electron chi connectivity index (χ1n) is 25.5. The molecule has 404 valence electrons. The third kappa shape index (κ3) is 16.8. The largest absolute Gasteiger partial charge is 0.455 e. The summed E-state index contributed by atoms with van der Waals surface area (Å²) in [5.41, 5.74) is 6.47. The first-order valence-corrected chi connectivity index (χ1v) is 27.3. The summed E-state index contributed by atoms with van der Waals surface area (Å²) in [5.74, 6) is -4.20. The summed E-state index contributed by atoms with van der Waals surface area (Å²) >= 11 is 2.32. The van der Waals surface area contributed by atoms with Crippen LogP contribution in [0.4, 0.5) is 0 Å². The van der Waals surface area contributed by atoms with Crippen molar-refractivity contribution < 1.29 is 53.0 Å². The molecule has 1 unspecified atom stereocenters. The summed E-state index contributed by atoms with van der Waals surface area (Å²) in [6.45, 7) is 10.5. The molecule has 2 aromatic rings. The molecule has 1 fully saturated rings. The monoisotopic (exact) mass is 1060 g/mol. The van der Waals surface area contributed by atoms with Crippen LogP contribution in [0.5, 0.6) is 0 Å². The van der Waals surface area contributed by atoms with Gasteiger partial charge in [-0.05, 0) is 55.0 Å². The van der Waals surface area contributed by atoms with Crippen molar-refractivity contribution in [2.45, 2.75) is 134 Å². The number of amides is 8. The van der Waals surface area contributed by atoms with E-state index in [1.54, 1.807) is 33.2 Å². The average molecular weight is 1060 g/mol. The summed E-state index contributed by atoms with van der Waals surface area (Å²) in [5, 5.41) is 22.8. The first-order chi connectivity index (χ1) is 35.3. The Labute approximate surface area is 441 Å². The van der Waals surface area contributed by atoms with Crippen LogP contribution in [0, 0.1) is 11.8 Å². The van der Waals surface area contributed by atoms with Gasteiger partial charge in [0.25, 0.3) is 17.7 Å². The summed E-state index contributed by atoms with van der Waals surface area (Å²) < 4.78 is 5.74. The third-order valence-corrected chi connectivity index (χ3v) is 15.5. The number of hydrogen-bond acceptors (Lipinski definition) is 15. The van der Waals surface area contributed by atoms with Crippen molar-refractivity contribution in [2.75, 3.05) is 46.3 Å². The molecule has 1 aromatic heterocycles. The van der Waals surface area contributed by atoms with Gasteiger partial charge in [-0.15, -0.1) is 23.1 Å². The number of benzene rings is 1. The number of nitrogens with two attached hydrogens (primary N) is 1. The lowest BCUT2D eigenvalue weighted by Crippen LogP contribution is -2.61. The van der Waals surface area contributed by atoms with Crippen LogP contribution in [-0.4, -0.2) is 165 Å². The van der Waals surface area contributed by atoms with E-state index in [0.717, 1.165) is 28.2 Å². The summed E-state index contributed by atoms with van der Waals surface area (Å²) in [4.78, 5) is 130. The molecule has 1 aromatic carbocycles. The number of imide groups is 1. The number of aliphatic hydroxyl groups excluding tert-OH is 1. The van der Waals surface area contributed by atoms with Crippen molar-refractivity contribution in [1.29, 1.82) is 0 Å². The van der Waals surface area contributed by atoms with Crippen LogP contribution in [0.1, 0.15) is 113 Å². The van der Waals surface area contributed by atoms with Crippen molar-refractivity contribution >= 4 is 76.3 Å². The Balaban J connectivity index is 1.29. The molecule has 0 saturated carbocycles. The molecule has 0 aliphatic carbocycles. The van der Waals surface area contributed by atoms with Gasteiger partial charge >= 0.3 is 5.97 Å². The van der Waals surface area contributed by atoms with Gasteiger partial charge in [0.2, 0.25) is 29.5 Å². The van der Waals surface area contributed by atoms with Crippen molar-refractivity contribution in [1.82, 2.24) is 40.5 Å². The minimum Gasteiger partial charge on any atom is -0.455 e. The number of esters is 1. The average Bonchev–Trinajstić information content (AvgIpc) is 3.98. The number of aliphatic hydroxyl groups is 1. The van der Waals surface area contributed by atoms with Gasteiger partial charge in [0.05, 0.1) is 11.4 Å². The van der Waals surface area contributed by atoms with Crippen molar-refractivity contribution in [3.8, 4) is 0 Å². The number of carbonyl (C=O) groups excluding carboxylic acids is 9. The highest BCUT2D eigenvalue weighted by molar-refractivity contribution is 8.04. The Morgan fingerprint density at radius 1 is 0.905 bits per heavy atom. The number of thiazole rings is 1. The third-order valence-electron chi connectivity index (χ3n) is 13.5. The second kappa shape index (κ2) is 28.6. The zero-order chi connectivity index (χ0) is 54.1. The number of carbonyl (C=O) groups is 9. The molecule has 22 heteroatoms. The minimum absolute atomic E-state index is 0.0250. The normalized spacial score (nSPS) is 18.2. The second-order valence-corrected chi connectivity index (χ2v) is 21.4. The summed E-state index contributed by atoms with van der Waals surface area (Å²) in [6.07, 6.45) is 4.67. The lowest BCUT2D eigenvalue weighted by Gasteiger charge is -2.37. The first kappa shape index (κ1) is 58.9. The highest BCUT2D eigenvalue weighted by atomic mass is 32.2. The van der Waals surface area contributed by atoms with Crippen LogP contribution in [-0.2, 0) is 49.5 Å². The highest BCUT2D eigenvalue weighted by Gasteiger charge is 2.39. The molecule has 3 aliphatic rings. The zero-order valence-electron chi connectivity index (χ0n) is 43.2. The number of rotatable bonds is 28. The number of thioether (sulfide) groups is 1. The van der Waals surface area contributed by atoms with E-state index in [9.17, 15) is 48.3 Å². The Kier molecular flexibility index (Phi) is 22.8. The van der Waals surface area contributed by atoms with Gasteiger partial charge < -0.3 is 46.2 Å². The molecule has 74 heavy (non-hydrogen) atoms. The van der Waals surface area contributed by atoms with Crippen LogP contribution < -0.4 is 21.7 Å². The molecule has 4 heterocycles. The number of hydrogen-bond donors (Lipinski definition) is 5. The molecule has 8 atom stereocenters. The smallest absolute Gasteiger partial charge is 0.303 e. The zero-order valence-corrected chi connectivity index (χ0v) is 44.9. The number of unbranched alkanes of at least 4 members (excludes halogenated alkanes) is 1. The fraction of sp³-hybridized carbons (Fsp3) is 0.577. The van der Waals surface area contributed by atoms with E-state index in [1.807, 2.05) is 58.0 Å². The van der Waals surface area contributed by atoms with Crippen LogP contribution in [0.25, 0.3) is 0 Å². The Bertz CT molecular complexity index is 2340. The van der Waals surface area contributed by atoms with Gasteiger partial charge in [0.1, 0.15) is 28.8 Å². The number of piperazine rings is 1. The molecule has 3 aliphatic heterocycles. The van der Waals surface area contributed by atoms with Crippen LogP contribution in [0.15, 0.2) is 59.3 Å². The topological polar surface area (TPSA) is 271 Å². The Morgan fingerprint density at radius 3 is 2.15 bits per heavy atom. The standard InChI is InChI=1S/C52H73N9O11S2/c1-7-33(4)28-45(66)58(6)39(32(2)3)30-40(72-34(5)62)51-56-38(31-74-51)49(69)57-46(47(67)41-20-27-73-41)50(70)54-36(16-11-12-21-53)48(68)55-37(29-35-14-9-8-10-15-35)52(71)60-25-23-59(24-26-60)42(63)17-13-22-61-43(64)18-19-44(61)65/h8-10,14-15,18-20,27,31-33,36-37,39-41,46-47,67H,7,11-13,16-17,21-26,28-30,53H2,1-6H3,(H,54,70)(H,55,68)(H,57,69)/t33-,36+,37-,39+,40+,41?,46-,47+/m0/s1. The van der Waals surface area contributed by atoms with Crippen LogP contribution in [0.3, 0.4) is 0 Å². The predicted octanol–water partition coefficient (Wildman–Crippen LogP) is 2.86. The molecule has 8 amide bonds. The molecule has 5 rings (SSSR count). The van der Waals surface area contributed by atoms with Crippen LogP contribution >= 0.6 is 23.1 Å². The van der Waals surface area contributed by atoms with Gasteiger partial charge in [-0.3, -0.25) is 48.1 Å². The molecule has 0 bridgehead atoms. The lowest BCUT2D eigenvalue weighted by atomic mass is 9.95. The van der Waals surface area contributed by atoms with Gasteiger partial charge in [0, 0.05) is 96.0 Å². The van der Waals surface area contributed by atoms with Crippen molar-refractivity contribution in [3.63, 3.8) is 0 Å². The van der Waals surface area contributed by atoms with E-state index in [2.05, 4.69) is 20.9 Å². The fourth-order valence-corrected chi connectivity index (χ4v) is 10.3. The van der Waals surface area contributed by atoms with Gasteiger partial charge in [0.15, 0.2) is 6.10 Å². The maximum absolute atomic E-state index is 14.4. The molecular weight excluding hydrogens is 991 g/mol. The SMILES string of the molecule is CC[C@H](C)CC(=O)N(C)[C@H](C[C@@H](OC(C)=O)c1nc(C(=O)N[C@H](C(=O)N[C@H](CCCCN)C(=O)N[C@@H](Cc2ccccc2)C(=O)N2CCN(C(=O)CCCN3C(=O)C=CC3=O)CC2)[C@H](O)C2C=CS2)cs1)C(C)C. The molecule has 0 radical (unpaired) electrons. The number of nitrogens with zero attached hydrogens (tertiary/aromatic N) is 5. The van der Waals surface area contributed by atoms with E-state index < -0.39 is 77.0 Å². The molecule has 20 nitrogen and oxygen atoms in total. The van der Waals surface area contributed by atoms with E-state index >= 15 is 0 Å². The van der Waals surface area contributed by atoms with Gasteiger partial charge in [-0.25, -0.2) is 4.98 Å². The maximum atomic E-state index is 14.4. The molecular formula is C52H73N9O11S2. The minimum atomic E-state index is -1.58. The summed E-state index contributed by atoms with van der Waals surface area (Å²) in [7, 11) is 1.73. The fourth-order valence-electron chi connectivity index (χ4n) is 8.82. The van der Waals surface area contributed by atoms with Gasteiger partial charge in [-0.1, -0.05) is 70.5 Å². The highest BCUT2D eigenvalue weighted by Crippen LogP contribution is 2.32. The van der Waals surface area contributed by atoms with Gasteiger partial charge in [-0.2, -0.15) is 0 Å². The lowest BCUT2D eigenvalue weighted by molar-refractivity contribution is -0.148. The van der Waals surface area contributed by atoms with Crippen molar-refractivity contribution in [3.05, 3.63) is 75.6 Å². The number of nitrogens with one attached hydrogen (secondary N) is 3. The van der Waals surface area contributed by atoms with E-state index in [-0.39, 0.29) is 93.8 Å². The maximum Gasteiger partial charge on any atom is 0.303 e.